The number of nitriles is 1. The van der Waals surface area contributed by atoms with Crippen molar-refractivity contribution in [1.82, 2.24) is 14.0 Å². The first kappa shape index (κ1) is 24.9. The lowest BCUT2D eigenvalue weighted by Crippen LogP contribution is -2.45. The van der Waals surface area contributed by atoms with E-state index in [0.29, 0.717) is 59.6 Å². The van der Waals surface area contributed by atoms with Gasteiger partial charge in [-0.1, -0.05) is 6.07 Å². The van der Waals surface area contributed by atoms with Crippen molar-refractivity contribution in [3.63, 3.8) is 0 Å². The molecule has 0 radical (unpaired) electrons. The largest absolute Gasteiger partial charge is 0.493 e. The predicted octanol–water partition coefficient (Wildman–Crippen LogP) is 2.31. The summed E-state index contributed by atoms with van der Waals surface area (Å²) >= 11 is 0. The number of hydrogen-bond acceptors (Lipinski definition) is 7. The van der Waals surface area contributed by atoms with E-state index in [-0.39, 0.29) is 25.1 Å². The molecule has 0 atom stereocenters. The first-order chi connectivity index (χ1) is 17.4. The van der Waals surface area contributed by atoms with Gasteiger partial charge in [0.2, 0.25) is 5.91 Å². The van der Waals surface area contributed by atoms with E-state index >= 15 is 0 Å². The van der Waals surface area contributed by atoms with Gasteiger partial charge < -0.3 is 19.1 Å². The van der Waals surface area contributed by atoms with Gasteiger partial charge in [-0.15, -0.1) is 0 Å². The van der Waals surface area contributed by atoms with E-state index in [4.69, 9.17) is 19.5 Å². The number of benzene rings is 2. The third kappa shape index (κ3) is 4.77. The zero-order chi connectivity index (χ0) is 25.8. The number of carbonyl (C=O) groups is 1. The summed E-state index contributed by atoms with van der Waals surface area (Å²) in [4.78, 5) is 40.9. The van der Waals surface area contributed by atoms with Crippen LogP contribution in [0.3, 0.4) is 0 Å². The second kappa shape index (κ2) is 10.6. The van der Waals surface area contributed by atoms with Crippen LogP contribution in [0.15, 0.2) is 46.0 Å². The Balaban J connectivity index is 1.85. The average molecular weight is 493 g/mol. The van der Waals surface area contributed by atoms with Gasteiger partial charge in [-0.25, -0.2) is 4.79 Å². The van der Waals surface area contributed by atoms with Crippen LogP contribution in [0.1, 0.15) is 31.4 Å². The summed E-state index contributed by atoms with van der Waals surface area (Å²) in [6, 6.07) is 11.9. The Hall–Kier alpha value is -4.26. The average Bonchev–Trinajstić information content (AvgIpc) is 2.90. The lowest BCUT2D eigenvalue weighted by molar-refractivity contribution is -0.130. The molecule has 1 aliphatic rings. The number of rotatable bonds is 7. The highest BCUT2D eigenvalue weighted by atomic mass is 16.5. The van der Waals surface area contributed by atoms with E-state index in [9.17, 15) is 14.4 Å². The number of aromatic nitrogens is 2. The van der Waals surface area contributed by atoms with Crippen molar-refractivity contribution in [3.8, 4) is 23.3 Å². The fourth-order valence-electron chi connectivity index (χ4n) is 4.66. The molecule has 4 rings (SSSR count). The van der Waals surface area contributed by atoms with Gasteiger partial charge in [0.15, 0.2) is 18.1 Å². The lowest BCUT2D eigenvalue weighted by Gasteiger charge is -2.33. The van der Waals surface area contributed by atoms with Crippen LogP contribution in [-0.4, -0.2) is 53.9 Å². The Kier molecular flexibility index (Phi) is 7.29. The van der Waals surface area contributed by atoms with E-state index in [2.05, 4.69) is 0 Å². The number of hydrogen-bond donors (Lipinski definition) is 0. The molecule has 188 valence electrons. The number of piperidine rings is 1. The van der Waals surface area contributed by atoms with Crippen LogP contribution >= 0.6 is 0 Å². The number of amides is 1. The topological polar surface area (TPSA) is 116 Å². The number of nitrogens with zero attached hydrogens (tertiary/aromatic N) is 4. The molecule has 10 nitrogen and oxygen atoms in total. The van der Waals surface area contributed by atoms with Gasteiger partial charge >= 0.3 is 5.69 Å². The third-order valence-electron chi connectivity index (χ3n) is 6.51. The Morgan fingerprint density at radius 2 is 1.78 bits per heavy atom. The highest BCUT2D eigenvalue weighted by Crippen LogP contribution is 2.29. The minimum Gasteiger partial charge on any atom is -0.493 e. The number of ether oxygens (including phenoxy) is 3. The summed E-state index contributed by atoms with van der Waals surface area (Å²) in [5.74, 6) is 1.41. The molecular weight excluding hydrogens is 464 g/mol. The van der Waals surface area contributed by atoms with Crippen molar-refractivity contribution in [2.45, 2.75) is 32.4 Å². The molecule has 0 spiro atoms. The van der Waals surface area contributed by atoms with E-state index in [1.807, 2.05) is 6.07 Å². The Labute approximate surface area is 207 Å². The minimum absolute atomic E-state index is 0.00311. The second-order valence-electron chi connectivity index (χ2n) is 8.60. The summed E-state index contributed by atoms with van der Waals surface area (Å²) < 4.78 is 18.9. The Bertz CT molecular complexity index is 1440. The first-order valence-electron chi connectivity index (χ1n) is 11.6. The van der Waals surface area contributed by atoms with Gasteiger partial charge in [-0.2, -0.15) is 5.26 Å². The van der Waals surface area contributed by atoms with Gasteiger partial charge in [0.05, 0.1) is 31.7 Å². The standard InChI is InChI=1S/C26H28N4O6/c1-17(31)28-11-8-19(9-12-28)30-22-6-5-20(36-13-10-27)15-21(22)25(32)29(26(30)33)16-18-4-7-23(34-2)24(14-18)35-3/h4-7,14-15,19H,8-9,11-13,16H2,1-3H3. The van der Waals surface area contributed by atoms with Gasteiger partial charge in [0.25, 0.3) is 5.56 Å². The molecule has 1 amide bonds. The van der Waals surface area contributed by atoms with Crippen molar-refractivity contribution in [1.29, 1.82) is 5.26 Å². The zero-order valence-corrected chi connectivity index (χ0v) is 20.5. The first-order valence-corrected chi connectivity index (χ1v) is 11.6. The van der Waals surface area contributed by atoms with E-state index < -0.39 is 11.2 Å². The SMILES string of the molecule is COc1ccc(Cn2c(=O)c3cc(OCC#N)ccc3n(C3CCN(C(C)=O)CC3)c2=O)cc1OC. The molecule has 1 aromatic heterocycles. The van der Waals surface area contributed by atoms with Crippen LogP contribution in [0.4, 0.5) is 0 Å². The van der Waals surface area contributed by atoms with Crippen LogP contribution in [-0.2, 0) is 11.3 Å². The molecule has 3 aromatic rings. The maximum absolute atomic E-state index is 13.8. The van der Waals surface area contributed by atoms with Crippen molar-refractivity contribution >= 4 is 16.8 Å². The molecule has 0 aliphatic carbocycles. The molecule has 10 heteroatoms. The van der Waals surface area contributed by atoms with E-state index in [1.165, 1.54) is 25.7 Å². The van der Waals surface area contributed by atoms with E-state index in [0.717, 1.165) is 0 Å². The van der Waals surface area contributed by atoms with Crippen molar-refractivity contribution in [2.24, 2.45) is 0 Å². The van der Waals surface area contributed by atoms with Crippen molar-refractivity contribution in [3.05, 3.63) is 62.8 Å². The number of fused-ring (bicyclic) bond motifs is 1. The molecule has 0 bridgehead atoms. The highest BCUT2D eigenvalue weighted by molar-refractivity contribution is 5.80. The monoisotopic (exact) mass is 492 g/mol. The fourth-order valence-corrected chi connectivity index (χ4v) is 4.66. The highest BCUT2D eigenvalue weighted by Gasteiger charge is 2.26. The summed E-state index contributed by atoms with van der Waals surface area (Å²) in [5, 5.41) is 9.18. The van der Waals surface area contributed by atoms with Crippen LogP contribution in [0.25, 0.3) is 10.9 Å². The second-order valence-corrected chi connectivity index (χ2v) is 8.60. The predicted molar refractivity (Wildman–Crippen MR) is 133 cm³/mol. The molecule has 1 aliphatic heterocycles. The summed E-state index contributed by atoms with van der Waals surface area (Å²) in [7, 11) is 3.06. The molecule has 1 saturated heterocycles. The van der Waals surface area contributed by atoms with Crippen molar-refractivity contribution < 1.29 is 19.0 Å². The molecule has 0 saturated carbocycles. The number of carbonyl (C=O) groups excluding carboxylic acids is 1. The van der Waals surface area contributed by atoms with Crippen molar-refractivity contribution in [2.75, 3.05) is 33.9 Å². The van der Waals surface area contributed by atoms with Gasteiger partial charge in [-0.05, 0) is 48.7 Å². The lowest BCUT2D eigenvalue weighted by atomic mass is 10.0. The molecule has 0 unspecified atom stereocenters. The minimum atomic E-state index is -0.454. The van der Waals surface area contributed by atoms with Crippen LogP contribution in [0.2, 0.25) is 0 Å². The zero-order valence-electron chi connectivity index (χ0n) is 20.5. The Morgan fingerprint density at radius 3 is 2.42 bits per heavy atom. The maximum atomic E-state index is 13.8. The molecular formula is C26H28N4O6. The number of likely N-dealkylation sites (tertiary alicyclic amines) is 1. The van der Waals surface area contributed by atoms with Crippen LogP contribution in [0.5, 0.6) is 17.2 Å². The smallest absolute Gasteiger partial charge is 0.332 e. The molecule has 0 N–H and O–H groups in total. The molecule has 2 heterocycles. The summed E-state index contributed by atoms with van der Waals surface area (Å²) in [6.45, 7) is 2.48. The fraction of sp³-hybridized carbons (Fsp3) is 0.385. The Morgan fingerprint density at radius 1 is 1.06 bits per heavy atom. The van der Waals surface area contributed by atoms with Crippen LogP contribution < -0.4 is 25.5 Å². The molecule has 2 aromatic carbocycles. The van der Waals surface area contributed by atoms with Crippen LogP contribution in [0, 0.1) is 11.3 Å². The van der Waals surface area contributed by atoms with Gasteiger partial charge in [0, 0.05) is 26.1 Å². The summed E-state index contributed by atoms with van der Waals surface area (Å²) in [6.07, 6.45) is 1.19. The quantitative estimate of drug-likeness (QED) is 0.497. The van der Waals surface area contributed by atoms with E-state index in [1.54, 1.807) is 45.9 Å². The molecule has 1 fully saturated rings. The summed E-state index contributed by atoms with van der Waals surface area (Å²) in [5.41, 5.74) is 0.319. The number of methoxy groups -OCH3 is 2. The van der Waals surface area contributed by atoms with Gasteiger partial charge in [0.1, 0.15) is 11.8 Å². The maximum Gasteiger partial charge on any atom is 0.332 e. The third-order valence-corrected chi connectivity index (χ3v) is 6.51. The molecule has 36 heavy (non-hydrogen) atoms. The normalized spacial score (nSPS) is 13.9. The van der Waals surface area contributed by atoms with Gasteiger partial charge in [-0.3, -0.25) is 18.7 Å².